The molecule has 0 saturated heterocycles. The van der Waals surface area contributed by atoms with Crippen LogP contribution in [-0.4, -0.2) is 23.2 Å². The van der Waals surface area contributed by atoms with Crippen LogP contribution in [-0.2, 0) is 0 Å². The van der Waals surface area contributed by atoms with Crippen LogP contribution < -0.4 is 10.3 Å². The fourth-order valence-corrected chi connectivity index (χ4v) is 1.02. The smallest absolute Gasteiger partial charge is 0.341 e. The molecule has 5 nitrogen and oxygen atoms in total. The Balaban J connectivity index is 3.42. The lowest BCUT2D eigenvalue weighted by atomic mass is 10.2. The van der Waals surface area contributed by atoms with Crippen LogP contribution in [0.5, 0.6) is 5.75 Å². The van der Waals surface area contributed by atoms with E-state index in [1.54, 1.807) is 4.98 Å². The lowest BCUT2D eigenvalue weighted by Gasteiger charge is -2.07. The van der Waals surface area contributed by atoms with Crippen LogP contribution >= 0.6 is 0 Å². The average molecular weight is 219 g/mol. The van der Waals surface area contributed by atoms with Crippen LogP contribution in [0.2, 0.25) is 0 Å². The normalized spacial score (nSPS) is 10.4. The largest absolute Gasteiger partial charge is 0.495 e. The number of alkyl halides is 2. The van der Waals surface area contributed by atoms with Gasteiger partial charge in [0.05, 0.1) is 7.11 Å². The van der Waals surface area contributed by atoms with Gasteiger partial charge in [-0.15, -0.1) is 0 Å². The summed E-state index contributed by atoms with van der Waals surface area (Å²) in [4.78, 5) is 23.3. The summed E-state index contributed by atoms with van der Waals surface area (Å²) < 4.78 is 29.2. The third-order valence-electron chi connectivity index (χ3n) is 1.70. The number of methoxy groups -OCH3 is 1. The van der Waals surface area contributed by atoms with Gasteiger partial charge >= 0.3 is 5.97 Å². The third kappa shape index (κ3) is 2.12. The first-order valence-electron chi connectivity index (χ1n) is 3.80. The number of aromatic carboxylic acids is 1. The van der Waals surface area contributed by atoms with Crippen LogP contribution in [0.15, 0.2) is 10.9 Å². The van der Waals surface area contributed by atoms with E-state index in [1.807, 2.05) is 0 Å². The minimum atomic E-state index is -2.93. The average Bonchev–Trinajstić information content (AvgIpc) is 2.16. The Morgan fingerprint density at radius 2 is 2.20 bits per heavy atom. The van der Waals surface area contributed by atoms with Crippen LogP contribution in [0.25, 0.3) is 0 Å². The molecule has 0 aliphatic heterocycles. The molecule has 1 rings (SSSR count). The lowest BCUT2D eigenvalue weighted by Crippen LogP contribution is -2.19. The van der Waals surface area contributed by atoms with E-state index in [0.717, 1.165) is 13.2 Å². The third-order valence-corrected chi connectivity index (χ3v) is 1.70. The molecule has 2 N–H and O–H groups in total. The first-order valence-corrected chi connectivity index (χ1v) is 3.80. The monoisotopic (exact) mass is 219 g/mol. The van der Waals surface area contributed by atoms with E-state index in [0.29, 0.717) is 0 Å². The maximum Gasteiger partial charge on any atom is 0.341 e. The molecule has 0 saturated carbocycles. The van der Waals surface area contributed by atoms with E-state index in [4.69, 9.17) is 5.11 Å². The number of hydrogen-bond acceptors (Lipinski definition) is 3. The Morgan fingerprint density at radius 1 is 1.60 bits per heavy atom. The number of nitrogens with one attached hydrogen (secondary N) is 1. The first-order chi connectivity index (χ1) is 6.97. The number of halogens is 2. The summed E-state index contributed by atoms with van der Waals surface area (Å²) >= 11 is 0. The molecule has 0 aromatic carbocycles. The SMILES string of the molecule is COc1cc(C(=O)O)c(=O)[nH]c1C(F)F. The van der Waals surface area contributed by atoms with Crippen molar-refractivity contribution in [2.24, 2.45) is 0 Å². The fourth-order valence-electron chi connectivity index (χ4n) is 1.02. The predicted molar refractivity (Wildman–Crippen MR) is 45.5 cm³/mol. The van der Waals surface area contributed by atoms with Crippen molar-refractivity contribution in [3.63, 3.8) is 0 Å². The van der Waals surface area contributed by atoms with E-state index in [2.05, 4.69) is 4.74 Å². The van der Waals surface area contributed by atoms with Crippen molar-refractivity contribution in [3.05, 3.63) is 27.7 Å². The molecule has 7 heteroatoms. The van der Waals surface area contributed by atoms with Gasteiger partial charge in [-0.1, -0.05) is 0 Å². The molecular weight excluding hydrogens is 212 g/mol. The quantitative estimate of drug-likeness (QED) is 0.795. The van der Waals surface area contributed by atoms with Gasteiger partial charge in [0.1, 0.15) is 17.0 Å². The Morgan fingerprint density at radius 3 is 2.60 bits per heavy atom. The minimum absolute atomic E-state index is 0.359. The Bertz CT molecular complexity index is 441. The number of hydrogen-bond donors (Lipinski definition) is 2. The molecule has 1 heterocycles. The number of carboxylic acids is 1. The van der Waals surface area contributed by atoms with Crippen molar-refractivity contribution < 1.29 is 23.4 Å². The maximum absolute atomic E-state index is 12.3. The minimum Gasteiger partial charge on any atom is -0.495 e. The summed E-state index contributed by atoms with van der Waals surface area (Å²) in [6.45, 7) is 0. The maximum atomic E-state index is 12.3. The van der Waals surface area contributed by atoms with Gasteiger partial charge in [-0.2, -0.15) is 0 Å². The predicted octanol–water partition coefficient (Wildman–Crippen LogP) is 1.02. The van der Waals surface area contributed by atoms with E-state index >= 15 is 0 Å². The number of carbonyl (C=O) groups is 1. The number of rotatable bonds is 3. The van der Waals surface area contributed by atoms with Crippen molar-refractivity contribution in [2.75, 3.05) is 7.11 Å². The van der Waals surface area contributed by atoms with Gasteiger partial charge in [-0.3, -0.25) is 4.79 Å². The highest BCUT2D eigenvalue weighted by atomic mass is 19.3. The molecule has 0 spiro atoms. The van der Waals surface area contributed by atoms with E-state index in [-0.39, 0.29) is 5.75 Å². The standard InChI is InChI=1S/C8H7F2NO4/c1-15-4-2-3(8(13)14)7(12)11-5(4)6(9)10/h2,6H,1H3,(H,11,12)(H,13,14). The number of ether oxygens (including phenoxy) is 1. The molecule has 1 aromatic rings. The van der Waals surface area contributed by atoms with Gasteiger partial charge in [0.15, 0.2) is 0 Å². The number of aromatic nitrogens is 1. The first kappa shape index (κ1) is 11.2. The second kappa shape index (κ2) is 4.07. The summed E-state index contributed by atoms with van der Waals surface area (Å²) in [5.74, 6) is -1.86. The fraction of sp³-hybridized carbons (Fsp3) is 0.250. The molecule has 0 amide bonds. The van der Waals surface area contributed by atoms with Crippen LogP contribution in [0.1, 0.15) is 22.5 Å². The van der Waals surface area contributed by atoms with Crippen molar-refractivity contribution in [2.45, 2.75) is 6.43 Å². The van der Waals surface area contributed by atoms with E-state index < -0.39 is 29.2 Å². The number of pyridine rings is 1. The van der Waals surface area contributed by atoms with Gasteiger partial charge in [0.2, 0.25) is 0 Å². The molecular formula is C8H7F2NO4. The highest BCUT2D eigenvalue weighted by Crippen LogP contribution is 2.25. The summed E-state index contributed by atoms with van der Waals surface area (Å²) in [5, 5.41) is 8.55. The molecule has 0 bridgehead atoms. The van der Waals surface area contributed by atoms with Gasteiger partial charge in [-0.25, -0.2) is 13.6 Å². The molecule has 0 unspecified atom stereocenters. The van der Waals surface area contributed by atoms with Gasteiger partial charge in [0.25, 0.3) is 12.0 Å². The second-order valence-electron chi connectivity index (χ2n) is 2.60. The molecule has 0 radical (unpaired) electrons. The molecule has 0 atom stereocenters. The lowest BCUT2D eigenvalue weighted by molar-refractivity contribution is 0.0693. The molecule has 82 valence electrons. The molecule has 15 heavy (non-hydrogen) atoms. The van der Waals surface area contributed by atoms with Crippen LogP contribution in [0.3, 0.4) is 0 Å². The molecule has 1 aromatic heterocycles. The van der Waals surface area contributed by atoms with Crippen molar-refractivity contribution in [1.29, 1.82) is 0 Å². The number of carboxylic acid groups (broad SMARTS) is 1. The summed E-state index contributed by atoms with van der Waals surface area (Å²) in [7, 11) is 1.10. The Labute approximate surface area is 82.3 Å². The molecule has 0 aliphatic carbocycles. The second-order valence-corrected chi connectivity index (χ2v) is 2.60. The molecule has 0 fully saturated rings. The van der Waals surface area contributed by atoms with Gasteiger partial charge in [0, 0.05) is 6.07 Å². The van der Waals surface area contributed by atoms with E-state index in [1.165, 1.54) is 0 Å². The van der Waals surface area contributed by atoms with Crippen LogP contribution in [0.4, 0.5) is 8.78 Å². The zero-order valence-electron chi connectivity index (χ0n) is 7.58. The summed E-state index contributed by atoms with van der Waals surface area (Å²) in [6, 6.07) is 0.767. The zero-order valence-corrected chi connectivity index (χ0v) is 7.58. The highest BCUT2D eigenvalue weighted by molar-refractivity contribution is 5.87. The van der Waals surface area contributed by atoms with Crippen molar-refractivity contribution in [1.82, 2.24) is 4.98 Å². The van der Waals surface area contributed by atoms with Crippen molar-refractivity contribution >= 4 is 5.97 Å². The van der Waals surface area contributed by atoms with Gasteiger partial charge in [-0.05, 0) is 0 Å². The topological polar surface area (TPSA) is 79.4 Å². The Kier molecular flexibility index (Phi) is 3.03. The summed E-state index contributed by atoms with van der Waals surface area (Å²) in [6.07, 6.45) is -2.93. The molecule has 0 aliphatic rings. The van der Waals surface area contributed by atoms with Gasteiger partial charge < -0.3 is 14.8 Å². The zero-order chi connectivity index (χ0) is 11.6. The summed E-state index contributed by atoms with van der Waals surface area (Å²) in [5.41, 5.74) is -2.46. The Hall–Kier alpha value is -1.92. The highest BCUT2D eigenvalue weighted by Gasteiger charge is 2.19. The number of H-pyrrole nitrogens is 1. The van der Waals surface area contributed by atoms with Crippen LogP contribution in [0, 0.1) is 0 Å². The van der Waals surface area contributed by atoms with Crippen molar-refractivity contribution in [3.8, 4) is 5.75 Å². The van der Waals surface area contributed by atoms with E-state index in [9.17, 15) is 18.4 Å². The number of aromatic amines is 1.